The molecule has 2 aliphatic rings. The number of nitrogen functional groups attached to an aromatic ring is 1. The maximum absolute atomic E-state index is 13.8. The van der Waals surface area contributed by atoms with Gasteiger partial charge in [-0.05, 0) is 69.4 Å². The number of ether oxygens (including phenoxy) is 1. The number of nitrogens with zero attached hydrogens (tertiary/aromatic N) is 3. The van der Waals surface area contributed by atoms with Crippen LogP contribution in [0.5, 0.6) is 0 Å². The summed E-state index contributed by atoms with van der Waals surface area (Å²) in [6, 6.07) is 18.0. The Morgan fingerprint density at radius 2 is 1.54 bits per heavy atom. The Morgan fingerprint density at radius 1 is 0.949 bits per heavy atom. The van der Waals surface area contributed by atoms with Crippen molar-refractivity contribution in [1.82, 2.24) is 9.80 Å². The lowest BCUT2D eigenvalue weighted by atomic mass is 9.85. The van der Waals surface area contributed by atoms with E-state index < -0.39 is 0 Å². The van der Waals surface area contributed by atoms with Crippen molar-refractivity contribution in [3.05, 3.63) is 65.7 Å². The van der Waals surface area contributed by atoms with Gasteiger partial charge in [0.1, 0.15) is 5.84 Å². The van der Waals surface area contributed by atoms with Crippen LogP contribution in [0.25, 0.3) is 0 Å². The predicted molar refractivity (Wildman–Crippen MR) is 160 cm³/mol. The number of hydrogen-bond donors (Lipinski definition) is 2. The molecule has 0 spiro atoms. The standard InChI is InChI=1S/C29H39N5O3.2ClH/c1-21(2)37-28(35)24-10-14-26(15-11-24)34(20-22-6-4-3-5-7-22)29(36)33-18-16-32(17-19-33)25-12-8-23(9-13-25)27(30)31;;/h3-9,12-13,21,24,26H,10-11,14-20H2,1-2H3,(H3,30,31);2*1H. The van der Waals surface area contributed by atoms with E-state index in [1.54, 1.807) is 0 Å². The number of carbonyl (C=O) groups excluding carboxylic acids is 2. The average molecular weight is 579 g/mol. The number of nitrogens with one attached hydrogen (secondary N) is 1. The number of amidine groups is 1. The highest BCUT2D eigenvalue weighted by atomic mass is 35.5. The van der Waals surface area contributed by atoms with E-state index in [4.69, 9.17) is 15.9 Å². The molecule has 1 saturated carbocycles. The van der Waals surface area contributed by atoms with Crippen molar-refractivity contribution in [3.63, 3.8) is 0 Å². The number of amides is 2. The number of piperazine rings is 1. The third-order valence-corrected chi connectivity index (χ3v) is 7.36. The Morgan fingerprint density at radius 3 is 2.08 bits per heavy atom. The van der Waals surface area contributed by atoms with E-state index in [9.17, 15) is 9.59 Å². The SMILES string of the molecule is CC(C)OC(=O)C1CCC(N(Cc2ccccc2)C(=O)N2CCN(c3ccc(C(=N)N)cc3)CC2)CC1.Cl.Cl. The van der Waals surface area contributed by atoms with Crippen molar-refractivity contribution in [2.24, 2.45) is 11.7 Å². The number of esters is 1. The average Bonchev–Trinajstić information content (AvgIpc) is 2.92. The topological polar surface area (TPSA) is 103 Å². The van der Waals surface area contributed by atoms with Gasteiger partial charge >= 0.3 is 12.0 Å². The van der Waals surface area contributed by atoms with Crippen molar-refractivity contribution in [2.75, 3.05) is 31.1 Å². The molecule has 39 heavy (non-hydrogen) atoms. The second-order valence-electron chi connectivity index (χ2n) is 10.3. The Bertz CT molecular complexity index is 1070. The number of benzene rings is 2. The quantitative estimate of drug-likeness (QED) is 0.271. The number of anilines is 1. The Hall–Kier alpha value is -2.97. The number of nitrogens with two attached hydrogens (primary N) is 1. The van der Waals surface area contributed by atoms with Gasteiger partial charge in [0.15, 0.2) is 0 Å². The third kappa shape index (κ3) is 8.51. The fourth-order valence-electron chi connectivity index (χ4n) is 5.27. The summed E-state index contributed by atoms with van der Waals surface area (Å²) in [4.78, 5) is 32.5. The lowest BCUT2D eigenvalue weighted by molar-refractivity contribution is -0.153. The van der Waals surface area contributed by atoms with E-state index in [2.05, 4.69) is 17.0 Å². The number of rotatable bonds is 7. The number of hydrogen-bond acceptors (Lipinski definition) is 5. The summed E-state index contributed by atoms with van der Waals surface area (Å²) in [6.07, 6.45) is 3.00. The van der Waals surface area contributed by atoms with Gasteiger partial charge in [0.05, 0.1) is 12.0 Å². The zero-order chi connectivity index (χ0) is 26.4. The zero-order valence-electron chi connectivity index (χ0n) is 22.8. The monoisotopic (exact) mass is 577 g/mol. The Kier molecular flexibility index (Phi) is 12.4. The molecule has 2 aromatic rings. The van der Waals surface area contributed by atoms with Crippen molar-refractivity contribution in [1.29, 1.82) is 5.41 Å². The Labute approximate surface area is 244 Å². The molecule has 10 heteroatoms. The first kappa shape index (κ1) is 32.2. The number of urea groups is 1. The fraction of sp³-hybridized carbons (Fsp3) is 0.483. The molecule has 4 rings (SSSR count). The van der Waals surface area contributed by atoms with E-state index in [0.29, 0.717) is 25.2 Å². The summed E-state index contributed by atoms with van der Waals surface area (Å²) in [6.45, 7) is 7.12. The van der Waals surface area contributed by atoms with Crippen molar-refractivity contribution in [2.45, 2.75) is 58.2 Å². The van der Waals surface area contributed by atoms with E-state index in [1.165, 1.54) is 0 Å². The van der Waals surface area contributed by atoms with Gasteiger partial charge in [0.25, 0.3) is 0 Å². The van der Waals surface area contributed by atoms with Crippen LogP contribution in [-0.2, 0) is 16.1 Å². The van der Waals surface area contributed by atoms with Crippen LogP contribution in [0.2, 0.25) is 0 Å². The van der Waals surface area contributed by atoms with Gasteiger partial charge in [-0.15, -0.1) is 24.8 Å². The molecule has 2 amide bonds. The first-order valence-corrected chi connectivity index (χ1v) is 13.3. The smallest absolute Gasteiger partial charge is 0.320 e. The third-order valence-electron chi connectivity index (χ3n) is 7.36. The maximum atomic E-state index is 13.8. The summed E-state index contributed by atoms with van der Waals surface area (Å²) in [5.74, 6) is -0.126. The first-order chi connectivity index (χ1) is 17.8. The zero-order valence-corrected chi connectivity index (χ0v) is 24.4. The van der Waals surface area contributed by atoms with Crippen LogP contribution in [0.15, 0.2) is 54.6 Å². The number of halogens is 2. The molecule has 1 heterocycles. The normalized spacial score (nSPS) is 18.9. The van der Waals surface area contributed by atoms with Crippen LogP contribution in [-0.4, -0.2) is 66.0 Å². The lowest BCUT2D eigenvalue weighted by Gasteiger charge is -2.42. The fourth-order valence-corrected chi connectivity index (χ4v) is 5.27. The number of carbonyl (C=O) groups is 2. The van der Waals surface area contributed by atoms with Crippen molar-refractivity contribution in [3.8, 4) is 0 Å². The lowest BCUT2D eigenvalue weighted by Crippen LogP contribution is -2.55. The summed E-state index contributed by atoms with van der Waals surface area (Å²) in [7, 11) is 0. The highest BCUT2D eigenvalue weighted by Gasteiger charge is 2.35. The summed E-state index contributed by atoms with van der Waals surface area (Å²) in [5, 5.41) is 7.58. The minimum absolute atomic E-state index is 0. The second-order valence-corrected chi connectivity index (χ2v) is 10.3. The molecular formula is C29H41Cl2N5O3. The van der Waals surface area contributed by atoms with Crippen molar-refractivity contribution >= 4 is 48.3 Å². The van der Waals surface area contributed by atoms with Gasteiger partial charge in [-0.1, -0.05) is 30.3 Å². The minimum atomic E-state index is -0.109. The first-order valence-electron chi connectivity index (χ1n) is 13.3. The molecule has 214 valence electrons. The molecule has 1 aliphatic heterocycles. The van der Waals surface area contributed by atoms with E-state index in [1.807, 2.05) is 66.1 Å². The molecule has 8 nitrogen and oxygen atoms in total. The van der Waals surface area contributed by atoms with Gasteiger partial charge < -0.3 is 25.2 Å². The van der Waals surface area contributed by atoms with Gasteiger partial charge in [-0.3, -0.25) is 10.2 Å². The predicted octanol–water partition coefficient (Wildman–Crippen LogP) is 5.07. The molecule has 2 fully saturated rings. The molecule has 3 N–H and O–H groups in total. The van der Waals surface area contributed by atoms with Crippen LogP contribution in [0.3, 0.4) is 0 Å². The van der Waals surface area contributed by atoms with Gasteiger partial charge in [-0.2, -0.15) is 0 Å². The molecule has 0 aromatic heterocycles. The molecule has 1 saturated heterocycles. The molecule has 1 aliphatic carbocycles. The summed E-state index contributed by atoms with van der Waals surface area (Å²) in [5.41, 5.74) is 8.47. The molecule has 0 radical (unpaired) electrons. The molecule has 0 atom stereocenters. The largest absolute Gasteiger partial charge is 0.463 e. The summed E-state index contributed by atoms with van der Waals surface area (Å²) >= 11 is 0. The van der Waals surface area contributed by atoms with Crippen LogP contribution in [0.4, 0.5) is 10.5 Å². The molecular weight excluding hydrogens is 537 g/mol. The van der Waals surface area contributed by atoms with Gasteiger partial charge in [-0.25, -0.2) is 4.79 Å². The Balaban J connectivity index is 0.00000267. The second kappa shape index (κ2) is 15.0. The molecule has 2 aromatic carbocycles. The van der Waals surface area contributed by atoms with Crippen LogP contribution < -0.4 is 10.6 Å². The summed E-state index contributed by atoms with van der Waals surface area (Å²) < 4.78 is 5.44. The van der Waals surface area contributed by atoms with Crippen molar-refractivity contribution < 1.29 is 14.3 Å². The minimum Gasteiger partial charge on any atom is -0.463 e. The van der Waals surface area contributed by atoms with Crippen LogP contribution >= 0.6 is 24.8 Å². The van der Waals surface area contributed by atoms with E-state index in [-0.39, 0.29) is 60.7 Å². The van der Waals surface area contributed by atoms with Crippen LogP contribution in [0.1, 0.15) is 50.7 Å². The van der Waals surface area contributed by atoms with Gasteiger partial charge in [0, 0.05) is 50.0 Å². The van der Waals surface area contributed by atoms with E-state index in [0.717, 1.165) is 50.0 Å². The highest BCUT2D eigenvalue weighted by molar-refractivity contribution is 5.95. The van der Waals surface area contributed by atoms with E-state index >= 15 is 0 Å². The van der Waals surface area contributed by atoms with Crippen LogP contribution in [0, 0.1) is 11.3 Å². The maximum Gasteiger partial charge on any atom is 0.320 e. The molecule has 0 bridgehead atoms. The van der Waals surface area contributed by atoms with Gasteiger partial charge in [0.2, 0.25) is 0 Å². The highest BCUT2D eigenvalue weighted by Crippen LogP contribution is 2.31. The molecule has 0 unspecified atom stereocenters.